The Hall–Kier alpha value is -4.77. The summed E-state index contributed by atoms with van der Waals surface area (Å²) in [5, 5.41) is 9.53. The average molecular weight is 541 g/mol. The fourth-order valence-corrected chi connectivity index (χ4v) is 5.95. The van der Waals surface area contributed by atoms with Crippen molar-refractivity contribution >= 4 is 56.5 Å². The first-order valence-electron chi connectivity index (χ1n) is 12.5. The highest BCUT2D eigenvalue weighted by Crippen LogP contribution is 2.45. The Kier molecular flexibility index (Phi) is 6.41. The van der Waals surface area contributed by atoms with Crippen LogP contribution in [0.15, 0.2) is 73.6 Å². The van der Waals surface area contributed by atoms with Gasteiger partial charge >= 0.3 is 6.03 Å². The summed E-state index contributed by atoms with van der Waals surface area (Å²) in [6.07, 6.45) is 6.57. The number of anilines is 3. The smallest absolute Gasteiger partial charge is 0.331 e. The number of nitrogens with zero attached hydrogens (tertiary/aromatic N) is 3. The average Bonchev–Trinajstić information content (AvgIpc) is 3.55. The number of para-hydroxylation sites is 1. The Balaban J connectivity index is 1.24. The normalized spacial score (nSPS) is 17.9. The lowest BCUT2D eigenvalue weighted by atomic mass is 10.1. The molecular weight excluding hydrogens is 516 g/mol. The minimum atomic E-state index is -0.408. The van der Waals surface area contributed by atoms with Crippen LogP contribution < -0.4 is 25.6 Å². The standard InChI is InChI=1S/C28H24N6O4S/c1-2-21(35)31-16-8-9-17(14-16)32-26(36)25-24-23-20(12-13-29-27(23)39-25)34(28(37)33-24)18-10-11-22(30-15-18)38-19-6-4-3-5-7-19/h2-7,10-13,15-17H,1,8-9,14H2,(H,31,35)(H,32,36)(H,33,37)/t16-,17?/m0/s1. The van der Waals surface area contributed by atoms with Gasteiger partial charge in [0.1, 0.15) is 15.5 Å². The van der Waals surface area contributed by atoms with Crippen molar-refractivity contribution in [3.8, 4) is 11.6 Å². The van der Waals surface area contributed by atoms with Crippen LogP contribution in [0.4, 0.5) is 21.9 Å². The van der Waals surface area contributed by atoms with Gasteiger partial charge in [-0.25, -0.2) is 14.8 Å². The largest absolute Gasteiger partial charge is 0.439 e. The molecule has 0 spiro atoms. The maximum Gasteiger partial charge on any atom is 0.331 e. The molecule has 1 aromatic carbocycles. The molecule has 1 fully saturated rings. The highest BCUT2D eigenvalue weighted by molar-refractivity contribution is 7.21. The quantitative estimate of drug-likeness (QED) is 0.280. The molecule has 6 rings (SSSR count). The Morgan fingerprint density at radius 1 is 1.08 bits per heavy atom. The number of rotatable bonds is 7. The zero-order chi connectivity index (χ0) is 26.9. The first-order chi connectivity index (χ1) is 19.0. The van der Waals surface area contributed by atoms with Gasteiger partial charge in [-0.3, -0.25) is 14.5 Å². The van der Waals surface area contributed by atoms with E-state index in [0.717, 1.165) is 12.8 Å². The second kappa shape index (κ2) is 10.2. The Bertz CT molecular complexity index is 1590. The Morgan fingerprint density at radius 3 is 2.62 bits per heavy atom. The van der Waals surface area contributed by atoms with Crippen LogP contribution in [0.1, 0.15) is 28.9 Å². The summed E-state index contributed by atoms with van der Waals surface area (Å²) in [5.74, 6) is 0.557. The maximum atomic E-state index is 13.3. The van der Waals surface area contributed by atoms with E-state index in [0.29, 0.717) is 50.2 Å². The zero-order valence-electron chi connectivity index (χ0n) is 20.7. The van der Waals surface area contributed by atoms with Gasteiger partial charge in [0.25, 0.3) is 5.91 Å². The van der Waals surface area contributed by atoms with E-state index in [1.807, 2.05) is 30.3 Å². The molecular formula is C28H24N6O4S. The van der Waals surface area contributed by atoms with E-state index in [-0.39, 0.29) is 23.9 Å². The van der Waals surface area contributed by atoms with E-state index in [4.69, 9.17) is 4.74 Å². The number of pyridine rings is 2. The van der Waals surface area contributed by atoms with E-state index in [1.54, 1.807) is 30.6 Å². The van der Waals surface area contributed by atoms with E-state index in [2.05, 4.69) is 32.5 Å². The topological polar surface area (TPSA) is 126 Å². The molecule has 3 N–H and O–H groups in total. The molecule has 2 aliphatic rings. The van der Waals surface area contributed by atoms with Crippen LogP contribution in [0.3, 0.4) is 0 Å². The molecule has 4 amide bonds. The minimum Gasteiger partial charge on any atom is -0.439 e. The van der Waals surface area contributed by atoms with Crippen LogP contribution in [0, 0.1) is 0 Å². The van der Waals surface area contributed by atoms with Crippen molar-refractivity contribution < 1.29 is 19.1 Å². The number of carbonyl (C=O) groups excluding carboxylic acids is 3. The second-order valence-electron chi connectivity index (χ2n) is 9.24. The monoisotopic (exact) mass is 540 g/mol. The van der Waals surface area contributed by atoms with Crippen molar-refractivity contribution in [2.24, 2.45) is 0 Å². The number of hydrogen-bond acceptors (Lipinski definition) is 7. The molecule has 11 heteroatoms. The molecule has 3 aromatic heterocycles. The van der Waals surface area contributed by atoms with E-state index >= 15 is 0 Å². The van der Waals surface area contributed by atoms with Gasteiger partial charge in [-0.1, -0.05) is 24.8 Å². The first-order valence-corrected chi connectivity index (χ1v) is 13.3. The molecule has 196 valence electrons. The number of aromatic nitrogens is 2. The van der Waals surface area contributed by atoms with E-state index in [1.165, 1.54) is 22.3 Å². The number of thiophene rings is 1. The molecule has 10 nitrogen and oxygen atoms in total. The predicted octanol–water partition coefficient (Wildman–Crippen LogP) is 5.12. The summed E-state index contributed by atoms with van der Waals surface area (Å²) in [6, 6.07) is 14.0. The maximum absolute atomic E-state index is 13.3. The second-order valence-corrected chi connectivity index (χ2v) is 10.2. The molecule has 0 bridgehead atoms. The van der Waals surface area contributed by atoms with Gasteiger partial charge in [0.15, 0.2) is 0 Å². The number of ether oxygens (including phenoxy) is 1. The number of hydrogen-bond donors (Lipinski definition) is 3. The van der Waals surface area contributed by atoms with Gasteiger partial charge in [-0.2, -0.15) is 0 Å². The Labute approximate surface area is 227 Å². The number of nitrogens with one attached hydrogen (secondary N) is 3. The third-order valence-electron chi connectivity index (χ3n) is 6.70. The van der Waals surface area contributed by atoms with Crippen molar-refractivity contribution in [3.05, 3.63) is 78.5 Å². The summed E-state index contributed by atoms with van der Waals surface area (Å²) in [6.45, 7) is 3.48. The molecule has 1 aliphatic heterocycles. The molecule has 2 atom stereocenters. The van der Waals surface area contributed by atoms with Crippen LogP contribution in [0.25, 0.3) is 10.2 Å². The lowest BCUT2D eigenvalue weighted by molar-refractivity contribution is -0.117. The lowest BCUT2D eigenvalue weighted by Crippen LogP contribution is -2.37. The predicted molar refractivity (Wildman–Crippen MR) is 149 cm³/mol. The summed E-state index contributed by atoms with van der Waals surface area (Å²) >= 11 is 1.23. The van der Waals surface area contributed by atoms with Crippen LogP contribution in [0.5, 0.6) is 11.6 Å². The minimum absolute atomic E-state index is 0.0128. The SMILES string of the molecule is C=CC(=O)N[C@H]1CCC(NC(=O)c2sc3nccc4c3c2NC(=O)N4c2ccc(Oc3ccccc3)nc2)C1. The number of urea groups is 1. The summed E-state index contributed by atoms with van der Waals surface area (Å²) in [7, 11) is 0. The van der Waals surface area contributed by atoms with Gasteiger partial charge in [-0.05, 0) is 49.6 Å². The van der Waals surface area contributed by atoms with Gasteiger partial charge in [-0.15, -0.1) is 11.3 Å². The molecule has 1 saturated carbocycles. The van der Waals surface area contributed by atoms with Crippen molar-refractivity contribution in [1.82, 2.24) is 20.6 Å². The number of carbonyl (C=O) groups is 3. The number of amides is 4. The van der Waals surface area contributed by atoms with Crippen LogP contribution in [-0.4, -0.2) is 39.9 Å². The lowest BCUT2D eigenvalue weighted by Gasteiger charge is -2.28. The third kappa shape index (κ3) is 4.79. The molecule has 0 radical (unpaired) electrons. The van der Waals surface area contributed by atoms with Gasteiger partial charge in [0, 0.05) is 24.3 Å². The fraction of sp³-hybridized carbons (Fsp3) is 0.179. The molecule has 0 saturated heterocycles. The molecule has 1 aliphatic carbocycles. The fourth-order valence-electron chi connectivity index (χ4n) is 4.93. The van der Waals surface area contributed by atoms with Gasteiger partial charge < -0.3 is 20.7 Å². The van der Waals surface area contributed by atoms with Gasteiger partial charge in [0.2, 0.25) is 11.8 Å². The highest BCUT2D eigenvalue weighted by Gasteiger charge is 2.34. The zero-order valence-corrected chi connectivity index (χ0v) is 21.5. The van der Waals surface area contributed by atoms with Crippen LogP contribution in [0.2, 0.25) is 0 Å². The van der Waals surface area contributed by atoms with Crippen LogP contribution in [-0.2, 0) is 4.79 Å². The highest BCUT2D eigenvalue weighted by atomic mass is 32.1. The number of benzene rings is 1. The Morgan fingerprint density at radius 2 is 1.87 bits per heavy atom. The van der Waals surface area contributed by atoms with Crippen molar-refractivity contribution in [2.75, 3.05) is 10.2 Å². The summed E-state index contributed by atoms with van der Waals surface area (Å²) in [4.78, 5) is 49.6. The van der Waals surface area contributed by atoms with Crippen molar-refractivity contribution in [2.45, 2.75) is 31.3 Å². The molecule has 1 unspecified atom stereocenters. The van der Waals surface area contributed by atoms with Crippen molar-refractivity contribution in [1.29, 1.82) is 0 Å². The summed E-state index contributed by atoms with van der Waals surface area (Å²) in [5.41, 5.74) is 1.60. The first kappa shape index (κ1) is 24.6. The molecule has 4 aromatic rings. The third-order valence-corrected chi connectivity index (χ3v) is 7.79. The summed E-state index contributed by atoms with van der Waals surface area (Å²) < 4.78 is 5.77. The van der Waals surface area contributed by atoms with Crippen LogP contribution >= 0.6 is 11.3 Å². The van der Waals surface area contributed by atoms with Gasteiger partial charge in [0.05, 0.1) is 28.6 Å². The molecule has 39 heavy (non-hydrogen) atoms. The van der Waals surface area contributed by atoms with Crippen molar-refractivity contribution in [3.63, 3.8) is 0 Å². The molecule has 4 heterocycles. The van der Waals surface area contributed by atoms with E-state index in [9.17, 15) is 14.4 Å². The van der Waals surface area contributed by atoms with E-state index < -0.39 is 6.03 Å².